The van der Waals surface area contributed by atoms with Crippen molar-refractivity contribution in [1.29, 1.82) is 0 Å². The van der Waals surface area contributed by atoms with E-state index in [2.05, 4.69) is 15.6 Å². The molecular weight excluding hydrogens is 648 g/mol. The Balaban J connectivity index is 1.32. The third-order valence-corrected chi connectivity index (χ3v) is 8.38. The fourth-order valence-electron chi connectivity index (χ4n) is 5.89. The number of hydrogen-bond donors (Lipinski definition) is 2. The monoisotopic (exact) mass is 671 g/mol. The maximum absolute atomic E-state index is 14.4. The van der Waals surface area contributed by atoms with Gasteiger partial charge in [0.05, 0.1) is 41.5 Å². The van der Waals surface area contributed by atoms with Crippen LogP contribution in [0.25, 0.3) is 10.9 Å². The van der Waals surface area contributed by atoms with Gasteiger partial charge in [-0.1, -0.05) is 28.4 Å². The van der Waals surface area contributed by atoms with Crippen LogP contribution in [0.2, 0.25) is 10.0 Å². The number of pyridine rings is 1. The van der Waals surface area contributed by atoms with Crippen molar-refractivity contribution in [2.24, 2.45) is 0 Å². The first kappa shape index (κ1) is 31.1. The lowest BCUT2D eigenvalue weighted by molar-refractivity contribution is -0.122. The van der Waals surface area contributed by atoms with Gasteiger partial charge in [-0.25, -0.2) is 13.9 Å². The van der Waals surface area contributed by atoms with E-state index in [-0.39, 0.29) is 69.1 Å². The fourth-order valence-corrected chi connectivity index (χ4v) is 6.49. The molecule has 0 aliphatic carbocycles. The van der Waals surface area contributed by atoms with Gasteiger partial charge in [-0.05, 0) is 25.1 Å². The van der Waals surface area contributed by atoms with Gasteiger partial charge in [0.2, 0.25) is 5.43 Å². The number of fused-ring (bicyclic) bond motifs is 2. The Morgan fingerprint density at radius 2 is 1.91 bits per heavy atom. The number of nitrogens with zero attached hydrogens (tertiary/aromatic N) is 6. The van der Waals surface area contributed by atoms with Crippen molar-refractivity contribution in [3.8, 4) is 5.75 Å². The number of nitrogens with one attached hydrogen (secondary N) is 1. The maximum atomic E-state index is 14.4. The average Bonchev–Trinajstić information content (AvgIpc) is 3.54. The highest BCUT2D eigenvalue weighted by molar-refractivity contribution is 6.54. The molecule has 4 heterocycles. The SMILES string of the molecule is COc1cc(F)cc2c(=O)c(C(=O)O)cn(N3CCNC(C)C3C(=O)Cn3cc(CN4C(=O)C(=O)c5cc(Cl)cc(Cl)c54)nn3)c12. The molecule has 46 heavy (non-hydrogen) atoms. The Morgan fingerprint density at radius 3 is 2.63 bits per heavy atom. The summed E-state index contributed by atoms with van der Waals surface area (Å²) in [6.45, 7) is 1.94. The molecule has 2 aromatic carbocycles. The minimum absolute atomic E-state index is 0.0266. The molecule has 0 spiro atoms. The summed E-state index contributed by atoms with van der Waals surface area (Å²) in [5.74, 6) is -4.28. The fraction of sp³-hybridized carbons (Fsp3) is 0.276. The van der Waals surface area contributed by atoms with E-state index in [0.717, 1.165) is 18.3 Å². The number of aromatic carboxylic acids is 1. The van der Waals surface area contributed by atoms with Gasteiger partial charge in [-0.15, -0.1) is 5.10 Å². The second-order valence-electron chi connectivity index (χ2n) is 10.8. The van der Waals surface area contributed by atoms with Crippen molar-refractivity contribution < 1.29 is 33.4 Å². The largest absolute Gasteiger partial charge is 0.494 e. The van der Waals surface area contributed by atoms with Crippen molar-refractivity contribution >= 4 is 63.2 Å². The predicted octanol–water partition coefficient (Wildman–Crippen LogP) is 2.04. The quantitative estimate of drug-likeness (QED) is 0.263. The number of hydrogen-bond acceptors (Lipinski definition) is 10. The molecule has 1 amide bonds. The zero-order valence-electron chi connectivity index (χ0n) is 24.2. The minimum Gasteiger partial charge on any atom is -0.494 e. The number of piperazine rings is 1. The highest BCUT2D eigenvalue weighted by Crippen LogP contribution is 2.39. The molecule has 0 saturated carbocycles. The Kier molecular flexibility index (Phi) is 8.00. The van der Waals surface area contributed by atoms with Crippen LogP contribution >= 0.6 is 23.2 Å². The molecule has 4 aromatic rings. The smallest absolute Gasteiger partial charge is 0.341 e. The van der Waals surface area contributed by atoms with Crippen molar-refractivity contribution in [1.82, 2.24) is 25.0 Å². The first-order valence-electron chi connectivity index (χ1n) is 13.8. The highest BCUT2D eigenvalue weighted by atomic mass is 35.5. The minimum atomic E-state index is -1.52. The lowest BCUT2D eigenvalue weighted by Gasteiger charge is -2.42. The Labute approximate surface area is 268 Å². The average molecular weight is 672 g/mol. The van der Waals surface area contributed by atoms with E-state index in [9.17, 15) is 33.5 Å². The highest BCUT2D eigenvalue weighted by Gasteiger charge is 2.39. The molecule has 14 nitrogen and oxygen atoms in total. The molecule has 6 rings (SSSR count). The first-order chi connectivity index (χ1) is 21.9. The number of carbonyl (C=O) groups is 4. The lowest BCUT2D eigenvalue weighted by atomic mass is 10.0. The summed E-state index contributed by atoms with van der Waals surface area (Å²) in [5, 5.41) is 22.8. The summed E-state index contributed by atoms with van der Waals surface area (Å²) in [5.41, 5.74) is -0.874. The second-order valence-corrected chi connectivity index (χ2v) is 11.6. The number of anilines is 1. The van der Waals surface area contributed by atoms with Crippen molar-refractivity contribution in [2.75, 3.05) is 30.1 Å². The van der Waals surface area contributed by atoms with Gasteiger partial charge in [0.25, 0.3) is 11.7 Å². The molecular formula is C29H24Cl2FN7O7. The van der Waals surface area contributed by atoms with Crippen LogP contribution in [0.4, 0.5) is 10.1 Å². The standard InChI is InChI=1S/C29H24Cl2FN7O7/c1-13-23(38(4-3-33-13)39-11-19(29(44)45)26(41)18-7-15(32)8-22(46-2)25(18)39)21(40)12-36-9-16(34-35-36)10-37-24-17(27(42)28(37)43)5-14(30)6-20(24)31/h5-9,11,13,23,33H,3-4,10,12H2,1-2H3,(H,44,45). The summed E-state index contributed by atoms with van der Waals surface area (Å²) in [4.78, 5) is 65.4. The van der Waals surface area contributed by atoms with E-state index in [1.807, 2.05) is 0 Å². The molecule has 2 aromatic heterocycles. The molecule has 238 valence electrons. The van der Waals surface area contributed by atoms with Gasteiger partial charge in [0, 0.05) is 36.4 Å². The van der Waals surface area contributed by atoms with Gasteiger partial charge >= 0.3 is 5.97 Å². The van der Waals surface area contributed by atoms with Gasteiger partial charge in [-0.2, -0.15) is 0 Å². The molecule has 2 aliphatic heterocycles. The summed E-state index contributed by atoms with van der Waals surface area (Å²) in [6.07, 6.45) is 2.55. The van der Waals surface area contributed by atoms with Gasteiger partial charge in [0.15, 0.2) is 5.78 Å². The molecule has 2 atom stereocenters. The van der Waals surface area contributed by atoms with E-state index in [0.29, 0.717) is 6.54 Å². The number of amides is 1. The van der Waals surface area contributed by atoms with E-state index < -0.39 is 46.6 Å². The number of aromatic nitrogens is 4. The zero-order valence-corrected chi connectivity index (χ0v) is 25.7. The molecule has 1 fully saturated rings. The molecule has 1 saturated heterocycles. The van der Waals surface area contributed by atoms with Crippen LogP contribution in [0.5, 0.6) is 5.75 Å². The Hall–Kier alpha value is -4.86. The van der Waals surface area contributed by atoms with Crippen LogP contribution in [0.1, 0.15) is 33.3 Å². The van der Waals surface area contributed by atoms with Crippen molar-refractivity contribution in [3.05, 3.63) is 79.6 Å². The number of Topliss-reactive ketones (excluding diaryl/α,β-unsaturated/α-hetero) is 2. The van der Waals surface area contributed by atoms with Gasteiger partial charge in [-0.3, -0.25) is 33.8 Å². The predicted molar refractivity (Wildman–Crippen MR) is 163 cm³/mol. The topological polar surface area (TPSA) is 169 Å². The summed E-state index contributed by atoms with van der Waals surface area (Å²) >= 11 is 12.3. The summed E-state index contributed by atoms with van der Waals surface area (Å²) in [6, 6.07) is 3.40. The number of ketones is 2. The van der Waals surface area contributed by atoms with Crippen LogP contribution in [-0.2, 0) is 22.7 Å². The number of carbonyl (C=O) groups excluding carboxylic acids is 3. The summed E-state index contributed by atoms with van der Waals surface area (Å²) < 4.78 is 22.4. The van der Waals surface area contributed by atoms with Crippen molar-refractivity contribution in [2.45, 2.75) is 32.1 Å². The number of carboxylic acids is 1. The number of methoxy groups -OCH3 is 1. The molecule has 0 bridgehead atoms. The third kappa shape index (κ3) is 5.25. The molecule has 2 N–H and O–H groups in total. The first-order valence-corrected chi connectivity index (χ1v) is 14.6. The van der Waals surface area contributed by atoms with Crippen LogP contribution in [-0.4, -0.2) is 80.5 Å². The normalized spacial score (nSPS) is 17.9. The third-order valence-electron chi connectivity index (χ3n) is 7.87. The second kappa shape index (κ2) is 11.8. The van der Waals surface area contributed by atoms with E-state index in [4.69, 9.17) is 27.9 Å². The summed E-state index contributed by atoms with van der Waals surface area (Å²) in [7, 11) is 1.28. The Morgan fingerprint density at radius 1 is 1.15 bits per heavy atom. The number of rotatable bonds is 8. The Bertz CT molecular complexity index is 2030. The van der Waals surface area contributed by atoms with Crippen molar-refractivity contribution in [3.63, 3.8) is 0 Å². The van der Waals surface area contributed by atoms with Crippen LogP contribution in [0.3, 0.4) is 0 Å². The van der Waals surface area contributed by atoms with Gasteiger partial charge < -0.3 is 15.2 Å². The zero-order chi connectivity index (χ0) is 33.0. The number of halogens is 3. The number of ether oxygens (including phenoxy) is 1. The van der Waals surface area contributed by atoms with Crippen LogP contribution in [0.15, 0.2) is 41.5 Å². The van der Waals surface area contributed by atoms with E-state index in [1.54, 1.807) is 11.9 Å². The van der Waals surface area contributed by atoms with Crippen LogP contribution < -0.4 is 25.4 Å². The van der Waals surface area contributed by atoms with Crippen LogP contribution in [0, 0.1) is 5.82 Å². The van der Waals surface area contributed by atoms with E-state index in [1.165, 1.54) is 39.7 Å². The number of carboxylic acid groups (broad SMARTS) is 1. The number of benzene rings is 2. The maximum Gasteiger partial charge on any atom is 0.341 e. The van der Waals surface area contributed by atoms with E-state index >= 15 is 0 Å². The lowest BCUT2D eigenvalue weighted by Crippen LogP contribution is -2.64. The molecule has 17 heteroatoms. The molecule has 0 radical (unpaired) electrons. The molecule has 2 unspecified atom stereocenters. The molecule has 2 aliphatic rings. The van der Waals surface area contributed by atoms with Gasteiger partial charge in [0.1, 0.15) is 40.9 Å².